The summed E-state index contributed by atoms with van der Waals surface area (Å²) in [6, 6.07) is 1.79. The number of aliphatic hydroxyl groups excluding tert-OH is 1. The molecule has 0 amide bonds. The van der Waals surface area contributed by atoms with Gasteiger partial charge in [0.25, 0.3) is 0 Å². The van der Waals surface area contributed by atoms with Crippen molar-refractivity contribution in [2.75, 3.05) is 7.11 Å². The fourth-order valence-corrected chi connectivity index (χ4v) is 2.51. The third-order valence-corrected chi connectivity index (χ3v) is 4.05. The van der Waals surface area contributed by atoms with Gasteiger partial charge in [-0.15, -0.1) is 11.3 Å². The van der Waals surface area contributed by atoms with Gasteiger partial charge in [0.05, 0.1) is 15.5 Å². The molecular weight excluding hydrogens is 220 g/mol. The summed E-state index contributed by atoms with van der Waals surface area (Å²) in [5.41, 5.74) is -0.561. The first-order valence-corrected chi connectivity index (χ1v) is 5.77. The average Bonchev–Trinajstić information content (AvgIpc) is 2.62. The lowest BCUT2D eigenvalue weighted by Crippen LogP contribution is -2.34. The van der Waals surface area contributed by atoms with Crippen molar-refractivity contribution >= 4 is 22.9 Å². The Morgan fingerprint density at radius 2 is 2.36 bits per heavy atom. The summed E-state index contributed by atoms with van der Waals surface area (Å²) in [6.07, 6.45) is 0.0730. The fourth-order valence-electron chi connectivity index (χ4n) is 1.23. The summed E-state index contributed by atoms with van der Waals surface area (Å²) in [7, 11) is 1.61. The van der Waals surface area contributed by atoms with Gasteiger partial charge in [-0.1, -0.05) is 18.5 Å². The van der Waals surface area contributed by atoms with E-state index in [9.17, 15) is 5.11 Å². The zero-order chi connectivity index (χ0) is 10.8. The van der Waals surface area contributed by atoms with Gasteiger partial charge < -0.3 is 9.84 Å². The first-order chi connectivity index (χ1) is 6.55. The number of ether oxygens (including phenoxy) is 1. The van der Waals surface area contributed by atoms with Crippen LogP contribution in [0.15, 0.2) is 11.4 Å². The van der Waals surface area contributed by atoms with E-state index in [-0.39, 0.29) is 0 Å². The number of thiophene rings is 1. The summed E-state index contributed by atoms with van der Waals surface area (Å²) in [4.78, 5) is 0.776. The average molecular weight is 235 g/mol. The van der Waals surface area contributed by atoms with Gasteiger partial charge >= 0.3 is 0 Å². The second-order valence-corrected chi connectivity index (χ2v) is 4.76. The highest BCUT2D eigenvalue weighted by atomic mass is 35.5. The monoisotopic (exact) mass is 234 g/mol. The van der Waals surface area contributed by atoms with Crippen LogP contribution in [0.5, 0.6) is 0 Å². The van der Waals surface area contributed by atoms with E-state index < -0.39 is 11.7 Å². The lowest BCUT2D eigenvalue weighted by Gasteiger charge is -2.31. The van der Waals surface area contributed by atoms with Crippen molar-refractivity contribution in [1.82, 2.24) is 0 Å². The molecule has 0 fully saturated rings. The van der Waals surface area contributed by atoms with Gasteiger partial charge in [0.1, 0.15) is 6.10 Å². The molecule has 2 nitrogen and oxygen atoms in total. The smallest absolute Gasteiger partial charge is 0.118 e. The third-order valence-electron chi connectivity index (χ3n) is 2.64. The fraction of sp³-hybridized carbons (Fsp3) is 0.600. The maximum Gasteiger partial charge on any atom is 0.118 e. The maximum atomic E-state index is 10.1. The van der Waals surface area contributed by atoms with Gasteiger partial charge in [0.15, 0.2) is 0 Å². The number of aliphatic hydroxyl groups is 1. The Balaban J connectivity index is 2.94. The molecule has 80 valence electrons. The van der Waals surface area contributed by atoms with Gasteiger partial charge in [-0.05, 0) is 24.8 Å². The number of halogens is 1. The van der Waals surface area contributed by atoms with Crippen molar-refractivity contribution in [1.29, 1.82) is 0 Å². The van der Waals surface area contributed by atoms with Gasteiger partial charge in [-0.3, -0.25) is 0 Å². The molecule has 0 saturated heterocycles. The molecule has 1 aromatic rings. The van der Waals surface area contributed by atoms with E-state index in [0.717, 1.165) is 11.3 Å². The Morgan fingerprint density at radius 1 is 1.71 bits per heavy atom. The van der Waals surface area contributed by atoms with Crippen molar-refractivity contribution in [2.24, 2.45) is 0 Å². The van der Waals surface area contributed by atoms with Crippen molar-refractivity contribution in [2.45, 2.75) is 32.0 Å². The minimum absolute atomic E-state index is 0.561. The SMILES string of the molecule is CCC(C)(OC)C(O)c1sccc1Cl. The van der Waals surface area contributed by atoms with E-state index in [0.29, 0.717) is 5.02 Å². The highest BCUT2D eigenvalue weighted by Gasteiger charge is 2.34. The standard InChI is InChI=1S/C10H15ClO2S/c1-4-10(2,13-3)9(12)8-7(11)5-6-14-8/h5-6,9,12H,4H2,1-3H3. The molecule has 2 atom stereocenters. The number of hydrogen-bond acceptors (Lipinski definition) is 3. The number of rotatable bonds is 4. The van der Waals surface area contributed by atoms with Crippen LogP contribution in [0.25, 0.3) is 0 Å². The van der Waals surface area contributed by atoms with Crippen LogP contribution in [-0.2, 0) is 4.74 Å². The minimum atomic E-state index is -0.662. The number of hydrogen-bond donors (Lipinski definition) is 1. The molecule has 1 N–H and O–H groups in total. The maximum absolute atomic E-state index is 10.1. The molecule has 0 radical (unpaired) electrons. The molecule has 0 spiro atoms. The van der Waals surface area contributed by atoms with Crippen LogP contribution in [-0.4, -0.2) is 17.8 Å². The highest BCUT2D eigenvalue weighted by Crippen LogP contribution is 2.37. The molecule has 2 unspecified atom stereocenters. The predicted molar refractivity (Wildman–Crippen MR) is 60.0 cm³/mol. The molecule has 1 rings (SSSR count). The molecule has 0 aliphatic heterocycles. The molecule has 1 aromatic heterocycles. The summed E-state index contributed by atoms with van der Waals surface area (Å²) >= 11 is 7.40. The van der Waals surface area contributed by atoms with E-state index in [1.165, 1.54) is 11.3 Å². The lowest BCUT2D eigenvalue weighted by molar-refractivity contribution is -0.0929. The molecule has 0 aliphatic rings. The van der Waals surface area contributed by atoms with E-state index in [1.807, 2.05) is 19.2 Å². The summed E-state index contributed by atoms with van der Waals surface area (Å²) in [5, 5.41) is 12.6. The van der Waals surface area contributed by atoms with Gasteiger partial charge in [0, 0.05) is 7.11 Å². The highest BCUT2D eigenvalue weighted by molar-refractivity contribution is 7.10. The van der Waals surface area contributed by atoms with Gasteiger partial charge in [-0.25, -0.2) is 0 Å². The topological polar surface area (TPSA) is 29.5 Å². The Labute approximate surface area is 93.5 Å². The van der Waals surface area contributed by atoms with Gasteiger partial charge in [0.2, 0.25) is 0 Å². The minimum Gasteiger partial charge on any atom is -0.384 e. The normalized spacial score (nSPS) is 17.8. The van der Waals surface area contributed by atoms with Crippen LogP contribution >= 0.6 is 22.9 Å². The van der Waals surface area contributed by atoms with E-state index >= 15 is 0 Å². The molecule has 0 bridgehead atoms. The van der Waals surface area contributed by atoms with Crippen molar-refractivity contribution in [3.63, 3.8) is 0 Å². The zero-order valence-corrected chi connectivity index (χ0v) is 10.2. The van der Waals surface area contributed by atoms with Crippen molar-refractivity contribution < 1.29 is 9.84 Å². The van der Waals surface area contributed by atoms with E-state index in [4.69, 9.17) is 16.3 Å². The van der Waals surface area contributed by atoms with Crippen LogP contribution in [0, 0.1) is 0 Å². The second kappa shape index (κ2) is 4.62. The zero-order valence-electron chi connectivity index (χ0n) is 8.58. The van der Waals surface area contributed by atoms with Crippen LogP contribution < -0.4 is 0 Å². The van der Waals surface area contributed by atoms with Crippen LogP contribution in [0.4, 0.5) is 0 Å². The van der Waals surface area contributed by atoms with Crippen LogP contribution in [0.3, 0.4) is 0 Å². The van der Waals surface area contributed by atoms with Crippen molar-refractivity contribution in [3.8, 4) is 0 Å². The number of methoxy groups -OCH3 is 1. The summed E-state index contributed by atoms with van der Waals surface area (Å²) < 4.78 is 5.33. The molecule has 4 heteroatoms. The van der Waals surface area contributed by atoms with E-state index in [1.54, 1.807) is 13.2 Å². The van der Waals surface area contributed by atoms with Crippen LogP contribution in [0.2, 0.25) is 5.02 Å². The molecule has 0 aromatic carbocycles. The van der Waals surface area contributed by atoms with E-state index in [2.05, 4.69) is 0 Å². The third kappa shape index (κ3) is 2.11. The van der Waals surface area contributed by atoms with Crippen molar-refractivity contribution in [3.05, 3.63) is 21.3 Å². The first-order valence-electron chi connectivity index (χ1n) is 4.51. The quantitative estimate of drug-likeness (QED) is 0.867. The molecule has 0 saturated carbocycles. The first kappa shape index (κ1) is 12.0. The summed E-state index contributed by atoms with van der Waals surface area (Å²) in [5.74, 6) is 0. The molecule has 14 heavy (non-hydrogen) atoms. The molecule has 0 aliphatic carbocycles. The predicted octanol–water partition coefficient (Wildman–Crippen LogP) is 3.25. The second-order valence-electron chi connectivity index (χ2n) is 3.41. The Kier molecular flexibility index (Phi) is 3.95. The lowest BCUT2D eigenvalue weighted by atomic mass is 9.94. The molecule has 1 heterocycles. The summed E-state index contributed by atoms with van der Waals surface area (Å²) in [6.45, 7) is 3.86. The molecular formula is C10H15ClO2S. The Bertz CT molecular complexity index is 294. The Hall–Kier alpha value is -0.0900. The van der Waals surface area contributed by atoms with Gasteiger partial charge in [-0.2, -0.15) is 0 Å². The largest absolute Gasteiger partial charge is 0.384 e. The van der Waals surface area contributed by atoms with Crippen LogP contribution in [0.1, 0.15) is 31.2 Å². The Morgan fingerprint density at radius 3 is 2.71 bits per heavy atom.